The van der Waals surface area contributed by atoms with E-state index in [1.165, 1.54) is 11.5 Å². The molecule has 0 bridgehead atoms. The number of hydrogen-bond acceptors (Lipinski definition) is 3. The van der Waals surface area contributed by atoms with Crippen LogP contribution in [0.5, 0.6) is 0 Å². The summed E-state index contributed by atoms with van der Waals surface area (Å²) < 4.78 is 0. The van der Waals surface area contributed by atoms with Crippen LogP contribution in [0.4, 0.5) is 0 Å². The zero-order chi connectivity index (χ0) is 9.68. The van der Waals surface area contributed by atoms with E-state index in [1.807, 2.05) is 30.8 Å². The van der Waals surface area contributed by atoms with E-state index in [-0.39, 0.29) is 5.91 Å². The first-order valence-electron chi connectivity index (χ1n) is 4.73. The maximum absolute atomic E-state index is 11.5. The second-order valence-corrected chi connectivity index (χ2v) is 4.60. The van der Waals surface area contributed by atoms with E-state index in [1.54, 1.807) is 0 Å². The van der Waals surface area contributed by atoms with Gasteiger partial charge in [0.25, 0.3) is 0 Å². The number of thioether (sulfide) groups is 1. The van der Waals surface area contributed by atoms with Crippen LogP contribution in [-0.4, -0.2) is 49.0 Å². The molecule has 0 aliphatic carbocycles. The highest BCUT2D eigenvalue weighted by Gasteiger charge is 2.21. The summed E-state index contributed by atoms with van der Waals surface area (Å²) in [6.45, 7) is 0.458. The van der Waals surface area contributed by atoms with Crippen molar-refractivity contribution in [3.8, 4) is 0 Å². The van der Waals surface area contributed by atoms with Gasteiger partial charge in [0, 0.05) is 13.1 Å². The fourth-order valence-corrected chi connectivity index (χ4v) is 2.63. The van der Waals surface area contributed by atoms with Crippen molar-refractivity contribution in [1.29, 1.82) is 0 Å². The molecule has 1 amide bonds. The van der Waals surface area contributed by atoms with E-state index >= 15 is 0 Å². The Labute approximate surface area is 84.2 Å². The average molecular weight is 202 g/mol. The molecule has 1 aliphatic rings. The Kier molecular flexibility index (Phi) is 4.59. The zero-order valence-electron chi connectivity index (χ0n) is 8.38. The fourth-order valence-electron chi connectivity index (χ4n) is 1.55. The van der Waals surface area contributed by atoms with Gasteiger partial charge in [-0.2, -0.15) is 11.8 Å². The number of rotatable bonds is 3. The number of nitrogens with zero attached hydrogens (tertiary/aromatic N) is 1. The van der Waals surface area contributed by atoms with Crippen molar-refractivity contribution in [2.75, 3.05) is 32.1 Å². The summed E-state index contributed by atoms with van der Waals surface area (Å²) in [5.74, 6) is 2.60. The SMILES string of the molecule is CNCC(=O)N(C)C1CCSCC1. The molecule has 0 aromatic heterocycles. The highest BCUT2D eigenvalue weighted by Crippen LogP contribution is 2.20. The van der Waals surface area contributed by atoms with Gasteiger partial charge in [0.1, 0.15) is 0 Å². The third-order valence-electron chi connectivity index (χ3n) is 2.46. The van der Waals surface area contributed by atoms with Gasteiger partial charge in [-0.05, 0) is 31.4 Å². The van der Waals surface area contributed by atoms with E-state index in [4.69, 9.17) is 0 Å². The molecular formula is C9H18N2OS. The van der Waals surface area contributed by atoms with Crippen molar-refractivity contribution in [1.82, 2.24) is 10.2 Å². The zero-order valence-corrected chi connectivity index (χ0v) is 9.19. The second-order valence-electron chi connectivity index (χ2n) is 3.38. The molecule has 1 fully saturated rings. The van der Waals surface area contributed by atoms with Gasteiger partial charge in [-0.15, -0.1) is 0 Å². The van der Waals surface area contributed by atoms with E-state index in [0.717, 1.165) is 12.8 Å². The summed E-state index contributed by atoms with van der Waals surface area (Å²) in [5, 5.41) is 2.89. The van der Waals surface area contributed by atoms with Gasteiger partial charge < -0.3 is 10.2 Å². The Morgan fingerprint density at radius 2 is 2.15 bits per heavy atom. The van der Waals surface area contributed by atoms with Crippen molar-refractivity contribution in [3.63, 3.8) is 0 Å². The third kappa shape index (κ3) is 3.19. The standard InChI is InChI=1S/C9H18N2OS/c1-10-7-9(12)11(2)8-3-5-13-6-4-8/h8,10H,3-7H2,1-2H3. The number of carbonyl (C=O) groups excluding carboxylic acids is 1. The first-order valence-corrected chi connectivity index (χ1v) is 5.89. The van der Waals surface area contributed by atoms with Crippen LogP contribution in [0.1, 0.15) is 12.8 Å². The molecule has 1 aliphatic heterocycles. The average Bonchev–Trinajstić information content (AvgIpc) is 2.18. The van der Waals surface area contributed by atoms with Crippen molar-refractivity contribution in [2.45, 2.75) is 18.9 Å². The lowest BCUT2D eigenvalue weighted by Crippen LogP contribution is -2.42. The quantitative estimate of drug-likeness (QED) is 0.726. The van der Waals surface area contributed by atoms with Crippen LogP contribution in [0.25, 0.3) is 0 Å². The predicted molar refractivity (Wildman–Crippen MR) is 57.0 cm³/mol. The molecule has 1 N–H and O–H groups in total. The number of nitrogens with one attached hydrogen (secondary N) is 1. The summed E-state index contributed by atoms with van der Waals surface area (Å²) in [6.07, 6.45) is 2.30. The number of hydrogen-bond donors (Lipinski definition) is 1. The van der Waals surface area contributed by atoms with Crippen LogP contribution in [0.2, 0.25) is 0 Å². The van der Waals surface area contributed by atoms with E-state index in [2.05, 4.69) is 5.32 Å². The van der Waals surface area contributed by atoms with Crippen molar-refractivity contribution < 1.29 is 4.79 Å². The van der Waals surface area contributed by atoms with Gasteiger partial charge in [0.05, 0.1) is 6.54 Å². The molecule has 13 heavy (non-hydrogen) atoms. The largest absolute Gasteiger partial charge is 0.342 e. The molecule has 1 saturated heterocycles. The minimum Gasteiger partial charge on any atom is -0.342 e. The Hall–Kier alpha value is -0.220. The van der Waals surface area contributed by atoms with E-state index in [9.17, 15) is 4.79 Å². The van der Waals surface area contributed by atoms with Crippen molar-refractivity contribution in [3.05, 3.63) is 0 Å². The third-order valence-corrected chi connectivity index (χ3v) is 3.51. The fraction of sp³-hybridized carbons (Fsp3) is 0.889. The van der Waals surface area contributed by atoms with Gasteiger partial charge >= 0.3 is 0 Å². The lowest BCUT2D eigenvalue weighted by Gasteiger charge is -2.30. The maximum atomic E-state index is 11.5. The number of amides is 1. The Morgan fingerprint density at radius 3 is 2.69 bits per heavy atom. The predicted octanol–water partition coefficient (Wildman–Crippen LogP) is 0.560. The van der Waals surface area contributed by atoms with Crippen LogP contribution in [0, 0.1) is 0 Å². The highest BCUT2D eigenvalue weighted by atomic mass is 32.2. The van der Waals surface area contributed by atoms with Crippen LogP contribution < -0.4 is 5.32 Å². The summed E-state index contributed by atoms with van der Waals surface area (Å²) in [6, 6.07) is 0.474. The molecule has 0 radical (unpaired) electrons. The first-order chi connectivity index (χ1) is 6.25. The molecule has 0 unspecified atom stereocenters. The Morgan fingerprint density at radius 1 is 1.54 bits per heavy atom. The van der Waals surface area contributed by atoms with E-state index in [0.29, 0.717) is 12.6 Å². The summed E-state index contributed by atoms with van der Waals surface area (Å²) in [7, 11) is 3.72. The molecule has 0 saturated carbocycles. The Bertz CT molecular complexity index is 169. The molecular weight excluding hydrogens is 184 g/mol. The van der Waals surface area contributed by atoms with Gasteiger partial charge in [-0.25, -0.2) is 0 Å². The first kappa shape index (κ1) is 10.9. The molecule has 0 aromatic carbocycles. The van der Waals surface area contributed by atoms with E-state index < -0.39 is 0 Å². The van der Waals surface area contributed by atoms with Crippen LogP contribution in [0.3, 0.4) is 0 Å². The molecule has 0 atom stereocenters. The van der Waals surface area contributed by atoms with Crippen molar-refractivity contribution >= 4 is 17.7 Å². The Balaban J connectivity index is 2.35. The van der Waals surface area contributed by atoms with Crippen molar-refractivity contribution in [2.24, 2.45) is 0 Å². The minimum absolute atomic E-state index is 0.208. The smallest absolute Gasteiger partial charge is 0.236 e. The maximum Gasteiger partial charge on any atom is 0.236 e. The minimum atomic E-state index is 0.208. The van der Waals surface area contributed by atoms with Gasteiger partial charge in [-0.3, -0.25) is 4.79 Å². The number of carbonyl (C=O) groups is 1. The summed E-state index contributed by atoms with van der Waals surface area (Å²) >= 11 is 1.99. The van der Waals surface area contributed by atoms with Gasteiger partial charge in [-0.1, -0.05) is 0 Å². The molecule has 0 aromatic rings. The van der Waals surface area contributed by atoms with Crippen LogP contribution >= 0.6 is 11.8 Å². The van der Waals surface area contributed by atoms with Gasteiger partial charge in [0.2, 0.25) is 5.91 Å². The molecule has 76 valence electrons. The normalized spacial score (nSPS) is 18.6. The molecule has 4 heteroatoms. The summed E-state index contributed by atoms with van der Waals surface area (Å²) in [5.41, 5.74) is 0. The topological polar surface area (TPSA) is 32.3 Å². The highest BCUT2D eigenvalue weighted by molar-refractivity contribution is 7.99. The molecule has 0 spiro atoms. The lowest BCUT2D eigenvalue weighted by molar-refractivity contribution is -0.131. The van der Waals surface area contributed by atoms with Crippen LogP contribution in [0.15, 0.2) is 0 Å². The number of likely N-dealkylation sites (N-methyl/N-ethyl adjacent to an activating group) is 2. The second kappa shape index (κ2) is 5.50. The monoisotopic (exact) mass is 202 g/mol. The molecule has 1 rings (SSSR count). The van der Waals surface area contributed by atoms with Gasteiger partial charge in [0.15, 0.2) is 0 Å². The summed E-state index contributed by atoms with van der Waals surface area (Å²) in [4.78, 5) is 13.4. The van der Waals surface area contributed by atoms with Crippen LogP contribution in [-0.2, 0) is 4.79 Å². The molecule has 1 heterocycles. The molecule has 3 nitrogen and oxygen atoms in total. The lowest BCUT2D eigenvalue weighted by atomic mass is 10.1.